The van der Waals surface area contributed by atoms with E-state index in [1.165, 1.54) is 11.8 Å². The van der Waals surface area contributed by atoms with Crippen LogP contribution in [0.2, 0.25) is 0 Å². The summed E-state index contributed by atoms with van der Waals surface area (Å²) in [7, 11) is 0. The molecule has 0 spiro atoms. The number of amides is 3. The number of nitrogens with one attached hydrogen (secondary N) is 1. The number of nitrogens with zero attached hydrogens (tertiary/aromatic N) is 1. The zero-order valence-corrected chi connectivity index (χ0v) is 11.3. The lowest BCUT2D eigenvalue weighted by Gasteiger charge is -2.35. The minimum Gasteiger partial charge on any atom is -0.479 e. The Morgan fingerprint density at radius 1 is 1.47 bits per heavy atom. The molecule has 0 saturated carbocycles. The van der Waals surface area contributed by atoms with Crippen molar-refractivity contribution in [2.24, 2.45) is 5.73 Å². The Morgan fingerprint density at radius 3 is 2.58 bits per heavy atom. The predicted molar refractivity (Wildman–Crippen MR) is 68.4 cm³/mol. The number of carbonyl (C=O) groups excluding carboxylic acids is 2. The van der Waals surface area contributed by atoms with Gasteiger partial charge in [0.2, 0.25) is 5.91 Å². The van der Waals surface area contributed by atoms with Crippen molar-refractivity contribution >= 4 is 17.9 Å². The Labute approximate surface area is 112 Å². The van der Waals surface area contributed by atoms with Crippen LogP contribution >= 0.6 is 0 Å². The highest BCUT2D eigenvalue weighted by molar-refractivity contribution is 5.90. The minimum absolute atomic E-state index is 0.379. The number of aliphatic carboxylic acids is 1. The molecule has 0 bridgehead atoms. The third-order valence-corrected chi connectivity index (χ3v) is 3.56. The van der Waals surface area contributed by atoms with Gasteiger partial charge in [-0.1, -0.05) is 13.3 Å². The van der Waals surface area contributed by atoms with Gasteiger partial charge in [0, 0.05) is 6.54 Å². The number of hydrogen-bond donors (Lipinski definition) is 3. The molecule has 108 valence electrons. The quantitative estimate of drug-likeness (QED) is 0.667. The second-order valence-electron chi connectivity index (χ2n) is 4.92. The fourth-order valence-corrected chi connectivity index (χ4v) is 2.51. The normalized spacial score (nSPS) is 24.0. The van der Waals surface area contributed by atoms with E-state index in [1.807, 2.05) is 6.92 Å². The van der Waals surface area contributed by atoms with Crippen LogP contribution in [0.3, 0.4) is 0 Å². The smallest absolute Gasteiger partial charge is 0.329 e. The number of carboxylic acids is 1. The van der Waals surface area contributed by atoms with Gasteiger partial charge < -0.3 is 21.1 Å². The van der Waals surface area contributed by atoms with Crippen molar-refractivity contribution in [1.82, 2.24) is 10.2 Å². The number of nitrogens with two attached hydrogens (primary N) is 1. The molecule has 1 aliphatic rings. The van der Waals surface area contributed by atoms with Crippen LogP contribution < -0.4 is 11.1 Å². The fourth-order valence-electron chi connectivity index (χ4n) is 2.51. The number of primary amides is 1. The average molecular weight is 271 g/mol. The van der Waals surface area contributed by atoms with Gasteiger partial charge in [-0.3, -0.25) is 4.79 Å². The molecule has 0 radical (unpaired) electrons. The maximum absolute atomic E-state index is 12.1. The second kappa shape index (κ2) is 5.90. The molecule has 4 N–H and O–H groups in total. The fraction of sp³-hybridized carbons (Fsp3) is 0.750. The molecule has 1 fully saturated rings. The first-order valence-electron chi connectivity index (χ1n) is 6.46. The Morgan fingerprint density at radius 2 is 2.11 bits per heavy atom. The third-order valence-electron chi connectivity index (χ3n) is 3.56. The summed E-state index contributed by atoms with van der Waals surface area (Å²) in [5.41, 5.74) is 3.92. The van der Waals surface area contributed by atoms with Crippen LogP contribution in [0, 0.1) is 0 Å². The number of urea groups is 1. The van der Waals surface area contributed by atoms with Gasteiger partial charge in [-0.05, 0) is 26.2 Å². The van der Waals surface area contributed by atoms with E-state index in [9.17, 15) is 19.5 Å². The summed E-state index contributed by atoms with van der Waals surface area (Å²) in [6, 6.07) is -1.36. The van der Waals surface area contributed by atoms with Crippen molar-refractivity contribution in [2.45, 2.75) is 51.1 Å². The van der Waals surface area contributed by atoms with Gasteiger partial charge in [0.15, 0.2) is 0 Å². The molecular weight excluding hydrogens is 250 g/mol. The molecule has 2 unspecified atom stereocenters. The van der Waals surface area contributed by atoms with E-state index >= 15 is 0 Å². The lowest BCUT2D eigenvalue weighted by Crippen LogP contribution is -2.58. The maximum atomic E-state index is 12.1. The first-order chi connectivity index (χ1) is 8.85. The highest BCUT2D eigenvalue weighted by atomic mass is 16.4. The minimum atomic E-state index is -1.16. The zero-order valence-electron chi connectivity index (χ0n) is 11.3. The molecule has 3 amide bonds. The number of hydrogen-bond acceptors (Lipinski definition) is 3. The van der Waals surface area contributed by atoms with Crippen LogP contribution in [0.5, 0.6) is 0 Å². The van der Waals surface area contributed by atoms with Crippen molar-refractivity contribution in [1.29, 1.82) is 0 Å². The maximum Gasteiger partial charge on any atom is 0.329 e. The number of rotatable bonds is 5. The van der Waals surface area contributed by atoms with E-state index in [4.69, 9.17) is 5.73 Å². The summed E-state index contributed by atoms with van der Waals surface area (Å²) >= 11 is 0. The van der Waals surface area contributed by atoms with Gasteiger partial charge in [-0.25, -0.2) is 9.59 Å². The monoisotopic (exact) mass is 271 g/mol. The largest absolute Gasteiger partial charge is 0.479 e. The van der Waals surface area contributed by atoms with Crippen molar-refractivity contribution in [3.8, 4) is 0 Å². The first-order valence-corrected chi connectivity index (χ1v) is 6.46. The highest BCUT2D eigenvalue weighted by Gasteiger charge is 2.49. The highest BCUT2D eigenvalue weighted by Crippen LogP contribution is 2.34. The van der Waals surface area contributed by atoms with Gasteiger partial charge >= 0.3 is 12.0 Å². The summed E-state index contributed by atoms with van der Waals surface area (Å²) in [5.74, 6) is -1.64. The van der Waals surface area contributed by atoms with Gasteiger partial charge in [-0.2, -0.15) is 0 Å². The molecule has 7 nitrogen and oxygen atoms in total. The van der Waals surface area contributed by atoms with E-state index in [2.05, 4.69) is 5.32 Å². The number of likely N-dealkylation sites (tertiary alicyclic amines) is 1. The van der Waals surface area contributed by atoms with Crippen molar-refractivity contribution in [2.75, 3.05) is 6.54 Å². The van der Waals surface area contributed by atoms with E-state index < -0.39 is 29.5 Å². The molecule has 7 heteroatoms. The molecule has 2 atom stereocenters. The lowest BCUT2D eigenvalue weighted by atomic mass is 9.91. The molecule has 0 aromatic heterocycles. The van der Waals surface area contributed by atoms with Crippen LogP contribution in [0.15, 0.2) is 0 Å². The molecule has 0 aromatic rings. The molecule has 19 heavy (non-hydrogen) atoms. The molecular formula is C12H21N3O4. The van der Waals surface area contributed by atoms with Crippen LogP contribution in [-0.2, 0) is 9.59 Å². The van der Waals surface area contributed by atoms with Crippen LogP contribution in [0.4, 0.5) is 4.79 Å². The Kier molecular flexibility index (Phi) is 4.74. The summed E-state index contributed by atoms with van der Waals surface area (Å²) in [4.78, 5) is 35.9. The molecule has 1 heterocycles. The Balaban J connectivity index is 2.87. The van der Waals surface area contributed by atoms with Gasteiger partial charge in [0.25, 0.3) is 0 Å². The molecule has 1 aliphatic heterocycles. The van der Waals surface area contributed by atoms with Crippen molar-refractivity contribution < 1.29 is 19.5 Å². The molecule has 0 aliphatic carbocycles. The predicted octanol–water partition coefficient (Wildman–Crippen LogP) is 0.289. The van der Waals surface area contributed by atoms with Crippen LogP contribution in [-0.4, -0.2) is 46.0 Å². The SMILES string of the molecule is CCCC1(C(=O)O)CCCN1C(=O)NC(C)C(N)=O. The second-order valence-corrected chi connectivity index (χ2v) is 4.92. The van der Waals surface area contributed by atoms with E-state index in [1.54, 1.807) is 0 Å². The van der Waals surface area contributed by atoms with E-state index in [-0.39, 0.29) is 0 Å². The standard InChI is InChI=1S/C12H21N3O4/c1-3-5-12(10(17)18)6-4-7-15(12)11(19)14-8(2)9(13)16/h8H,3-7H2,1-2H3,(H2,13,16)(H,14,19)(H,17,18). The number of carbonyl (C=O) groups is 3. The first kappa shape index (κ1) is 15.3. The molecule has 1 saturated heterocycles. The Bertz CT molecular complexity index is 385. The van der Waals surface area contributed by atoms with Crippen molar-refractivity contribution in [3.05, 3.63) is 0 Å². The van der Waals surface area contributed by atoms with Gasteiger partial charge in [0.05, 0.1) is 0 Å². The van der Waals surface area contributed by atoms with E-state index in [0.717, 1.165) is 0 Å². The van der Waals surface area contributed by atoms with Gasteiger partial charge in [0.1, 0.15) is 11.6 Å². The summed E-state index contributed by atoms with van der Waals surface area (Å²) in [6.45, 7) is 3.73. The number of carboxylic acid groups (broad SMARTS) is 1. The lowest BCUT2D eigenvalue weighted by molar-refractivity contribution is -0.148. The van der Waals surface area contributed by atoms with Gasteiger partial charge in [-0.15, -0.1) is 0 Å². The van der Waals surface area contributed by atoms with E-state index in [0.29, 0.717) is 32.2 Å². The Hall–Kier alpha value is -1.79. The summed E-state index contributed by atoms with van der Waals surface area (Å²) in [6.07, 6.45) is 2.15. The topological polar surface area (TPSA) is 113 Å². The third kappa shape index (κ3) is 2.97. The zero-order chi connectivity index (χ0) is 14.6. The van der Waals surface area contributed by atoms with Crippen LogP contribution in [0.25, 0.3) is 0 Å². The summed E-state index contributed by atoms with van der Waals surface area (Å²) < 4.78 is 0. The van der Waals surface area contributed by atoms with Crippen molar-refractivity contribution in [3.63, 3.8) is 0 Å². The average Bonchev–Trinajstić information content (AvgIpc) is 2.74. The van der Waals surface area contributed by atoms with Crippen LogP contribution in [0.1, 0.15) is 39.5 Å². The molecule has 0 aromatic carbocycles. The summed E-state index contributed by atoms with van der Waals surface area (Å²) in [5, 5.41) is 11.9. The molecule has 1 rings (SSSR count).